The number of methoxy groups -OCH3 is 2. The van der Waals surface area contributed by atoms with Gasteiger partial charge in [-0.3, -0.25) is 9.59 Å². The first kappa shape index (κ1) is 18.4. The summed E-state index contributed by atoms with van der Waals surface area (Å²) in [6.07, 6.45) is 0. The molecule has 2 heterocycles. The Morgan fingerprint density at radius 3 is 2.38 bits per heavy atom. The molecule has 2 N–H and O–H groups in total. The number of hydrogen-bond acceptors (Lipinski definition) is 6. The number of ether oxygens (including phenoxy) is 2. The van der Waals surface area contributed by atoms with Crippen molar-refractivity contribution in [1.82, 2.24) is 10.2 Å². The van der Waals surface area contributed by atoms with Crippen LogP contribution in [0.2, 0.25) is 0 Å². The van der Waals surface area contributed by atoms with Gasteiger partial charge in [0.1, 0.15) is 40.3 Å². The summed E-state index contributed by atoms with van der Waals surface area (Å²) in [7, 11) is 2.93. The van der Waals surface area contributed by atoms with Crippen molar-refractivity contribution >= 4 is 23.6 Å². The minimum atomic E-state index is -0.675. The lowest BCUT2D eigenvalue weighted by molar-refractivity contribution is -0.148. The van der Waals surface area contributed by atoms with E-state index in [1.54, 1.807) is 23.1 Å². The second kappa shape index (κ2) is 6.42. The monoisotopic (exact) mass is 378 g/mol. The predicted octanol–water partition coefficient (Wildman–Crippen LogP) is 1.94. The van der Waals surface area contributed by atoms with E-state index in [1.807, 2.05) is 13.8 Å². The maximum atomic E-state index is 12.8. The summed E-state index contributed by atoms with van der Waals surface area (Å²) in [6, 6.07) is 3.89. The van der Waals surface area contributed by atoms with Gasteiger partial charge in [-0.2, -0.15) is 0 Å². The summed E-state index contributed by atoms with van der Waals surface area (Å²) >= 11 is 1.53. The van der Waals surface area contributed by atoms with E-state index in [0.717, 1.165) is 0 Å². The quantitative estimate of drug-likeness (QED) is 0.601. The number of carbonyl (C=O) groups is 2. The van der Waals surface area contributed by atoms with E-state index >= 15 is 0 Å². The van der Waals surface area contributed by atoms with Crippen LogP contribution in [0.5, 0.6) is 11.5 Å². The van der Waals surface area contributed by atoms with Gasteiger partial charge < -0.3 is 24.8 Å². The molecule has 2 saturated heterocycles. The first-order chi connectivity index (χ1) is 12.2. The molecule has 0 bridgehead atoms. The molecular formula is C18H22N2O5S. The van der Waals surface area contributed by atoms with Gasteiger partial charge in [-0.15, -0.1) is 11.8 Å². The number of rotatable bonds is 5. The molecule has 26 heavy (non-hydrogen) atoms. The molecular weight excluding hydrogens is 356 g/mol. The molecule has 3 atom stereocenters. The Kier molecular flexibility index (Phi) is 4.56. The van der Waals surface area contributed by atoms with Crippen LogP contribution in [-0.4, -0.2) is 58.2 Å². The summed E-state index contributed by atoms with van der Waals surface area (Å²) in [4.78, 5) is 27.0. The van der Waals surface area contributed by atoms with Crippen LogP contribution >= 0.6 is 11.8 Å². The van der Waals surface area contributed by atoms with Gasteiger partial charge in [-0.05, 0) is 26.0 Å². The largest absolute Gasteiger partial charge is 0.511 e. The zero-order valence-electron chi connectivity index (χ0n) is 15.1. The van der Waals surface area contributed by atoms with Crippen molar-refractivity contribution in [2.75, 3.05) is 14.2 Å². The van der Waals surface area contributed by atoms with Crippen molar-refractivity contribution in [3.63, 3.8) is 0 Å². The molecule has 0 aliphatic carbocycles. The number of thioether (sulfide) groups is 1. The van der Waals surface area contributed by atoms with E-state index in [0.29, 0.717) is 11.5 Å². The number of carbonyl (C=O) groups excluding carboxylic acids is 2. The zero-order chi connectivity index (χ0) is 19.2. The van der Waals surface area contributed by atoms with Crippen molar-refractivity contribution in [3.05, 3.63) is 36.1 Å². The highest BCUT2D eigenvalue weighted by molar-refractivity contribution is 8.01. The average Bonchev–Trinajstić information content (AvgIpc) is 2.86. The van der Waals surface area contributed by atoms with E-state index in [2.05, 4.69) is 11.9 Å². The van der Waals surface area contributed by atoms with Crippen molar-refractivity contribution in [2.24, 2.45) is 0 Å². The molecule has 140 valence electrons. The van der Waals surface area contributed by atoms with Crippen LogP contribution in [0, 0.1) is 0 Å². The van der Waals surface area contributed by atoms with Gasteiger partial charge in [0.2, 0.25) is 5.91 Å². The maximum Gasteiger partial charge on any atom is 0.259 e. The van der Waals surface area contributed by atoms with Crippen molar-refractivity contribution in [3.8, 4) is 11.5 Å². The van der Waals surface area contributed by atoms with E-state index < -0.39 is 22.7 Å². The molecule has 1 aromatic rings. The fraction of sp³-hybridized carbons (Fsp3) is 0.444. The van der Waals surface area contributed by atoms with Crippen LogP contribution < -0.4 is 14.8 Å². The third-order valence-corrected chi connectivity index (χ3v) is 6.27. The standard InChI is InChI=1S/C18H22N2O5S/c1-9(21)14-18(2,3)26-17-13(16(23)20(14)17)19-15(22)12-10(24-4)7-6-8-11(12)25-5/h6-8,13-14,17,21H,1H2,2-5H3,(H,19,22)/t13-,14+,17-/m1/s1. The van der Waals surface area contributed by atoms with E-state index in [1.165, 1.54) is 26.0 Å². The molecule has 2 aliphatic rings. The molecule has 8 heteroatoms. The highest BCUT2D eigenvalue weighted by Gasteiger charge is 2.62. The topological polar surface area (TPSA) is 88.1 Å². The summed E-state index contributed by atoms with van der Waals surface area (Å²) in [6.45, 7) is 7.48. The summed E-state index contributed by atoms with van der Waals surface area (Å²) in [5.41, 5.74) is 0.245. The van der Waals surface area contributed by atoms with Crippen LogP contribution in [0.1, 0.15) is 24.2 Å². The SMILES string of the molecule is C=C(O)[C@@H]1N2C(=O)[C@@H](NC(=O)c3c(OC)cccc3OC)[C@H]2SC1(C)C. The van der Waals surface area contributed by atoms with E-state index in [9.17, 15) is 14.7 Å². The van der Waals surface area contributed by atoms with Gasteiger partial charge in [0.15, 0.2) is 0 Å². The van der Waals surface area contributed by atoms with Gasteiger partial charge >= 0.3 is 0 Å². The molecule has 2 aliphatic heterocycles. The Hall–Kier alpha value is -2.35. The number of hydrogen-bond donors (Lipinski definition) is 2. The second-order valence-electron chi connectivity index (χ2n) is 6.74. The normalized spacial score (nSPS) is 25.9. The van der Waals surface area contributed by atoms with Crippen LogP contribution in [0.4, 0.5) is 0 Å². The second-order valence-corrected chi connectivity index (χ2v) is 8.51. The Morgan fingerprint density at radius 2 is 1.88 bits per heavy atom. The number of nitrogens with one attached hydrogen (secondary N) is 1. The maximum absolute atomic E-state index is 12.8. The molecule has 0 spiro atoms. The molecule has 0 saturated carbocycles. The smallest absolute Gasteiger partial charge is 0.259 e. The van der Waals surface area contributed by atoms with E-state index in [4.69, 9.17) is 9.47 Å². The Morgan fingerprint density at radius 1 is 1.31 bits per heavy atom. The third kappa shape index (κ3) is 2.68. The molecule has 2 fully saturated rings. The molecule has 2 amide bonds. The number of aliphatic hydroxyl groups is 1. The van der Waals surface area contributed by atoms with Gasteiger partial charge in [-0.25, -0.2) is 0 Å². The number of β-lactam (4-membered cyclic amide) rings is 1. The number of amides is 2. The number of aliphatic hydroxyl groups excluding tert-OH is 1. The summed E-state index contributed by atoms with van der Waals surface area (Å²) < 4.78 is 10.1. The number of nitrogens with zero attached hydrogens (tertiary/aromatic N) is 1. The van der Waals surface area contributed by atoms with Crippen LogP contribution in [-0.2, 0) is 4.79 Å². The van der Waals surface area contributed by atoms with Crippen LogP contribution in [0.3, 0.4) is 0 Å². The molecule has 0 aromatic heterocycles. The first-order valence-corrected chi connectivity index (χ1v) is 9.00. The molecule has 3 rings (SSSR count). The number of benzene rings is 1. The van der Waals surface area contributed by atoms with Crippen molar-refractivity contribution in [2.45, 2.75) is 36.1 Å². The van der Waals surface area contributed by atoms with Crippen molar-refractivity contribution < 1.29 is 24.2 Å². The molecule has 0 unspecified atom stereocenters. The fourth-order valence-corrected chi connectivity index (χ4v) is 5.24. The third-order valence-electron chi connectivity index (χ3n) is 4.70. The molecule has 7 nitrogen and oxygen atoms in total. The Balaban J connectivity index is 1.83. The minimum absolute atomic E-state index is 0.0467. The fourth-order valence-electron chi connectivity index (χ4n) is 3.58. The lowest BCUT2D eigenvalue weighted by Gasteiger charge is -2.44. The average molecular weight is 378 g/mol. The van der Waals surface area contributed by atoms with Crippen LogP contribution in [0.25, 0.3) is 0 Å². The first-order valence-electron chi connectivity index (χ1n) is 8.12. The predicted molar refractivity (Wildman–Crippen MR) is 98.7 cm³/mol. The zero-order valence-corrected chi connectivity index (χ0v) is 15.9. The highest BCUT2D eigenvalue weighted by atomic mass is 32.2. The van der Waals surface area contributed by atoms with Gasteiger partial charge in [0.05, 0.1) is 14.2 Å². The summed E-state index contributed by atoms with van der Waals surface area (Å²) in [5, 5.41) is 12.4. The lowest BCUT2D eigenvalue weighted by Crippen LogP contribution is -2.69. The van der Waals surface area contributed by atoms with Gasteiger partial charge in [-0.1, -0.05) is 12.6 Å². The molecule has 0 radical (unpaired) electrons. The summed E-state index contributed by atoms with van der Waals surface area (Å²) in [5.74, 6) is 0.00462. The van der Waals surface area contributed by atoms with Gasteiger partial charge in [0.25, 0.3) is 5.91 Å². The van der Waals surface area contributed by atoms with Gasteiger partial charge in [0, 0.05) is 4.75 Å². The van der Waals surface area contributed by atoms with Crippen molar-refractivity contribution in [1.29, 1.82) is 0 Å². The van der Waals surface area contributed by atoms with Crippen LogP contribution in [0.15, 0.2) is 30.5 Å². The minimum Gasteiger partial charge on any atom is -0.511 e. The lowest BCUT2D eigenvalue weighted by atomic mass is 9.94. The Bertz CT molecular complexity index is 757. The Labute approximate surface area is 156 Å². The molecule has 1 aromatic carbocycles. The van der Waals surface area contributed by atoms with E-state index in [-0.39, 0.29) is 22.6 Å². The highest BCUT2D eigenvalue weighted by Crippen LogP contribution is 2.52. The number of fused-ring (bicyclic) bond motifs is 1.